The summed E-state index contributed by atoms with van der Waals surface area (Å²) >= 11 is 0. The second-order valence-electron chi connectivity index (χ2n) is 12.1. The van der Waals surface area contributed by atoms with E-state index < -0.39 is 10.8 Å². The van der Waals surface area contributed by atoms with Gasteiger partial charge >= 0.3 is 0 Å². The van der Waals surface area contributed by atoms with Crippen molar-refractivity contribution in [1.82, 2.24) is 0 Å². The van der Waals surface area contributed by atoms with E-state index in [1.807, 2.05) is 58.9 Å². The van der Waals surface area contributed by atoms with E-state index in [1.54, 1.807) is 36.4 Å². The van der Waals surface area contributed by atoms with Gasteiger partial charge < -0.3 is 30.6 Å². The Morgan fingerprint density at radius 1 is 0.364 bits per heavy atom. The highest BCUT2D eigenvalue weighted by Gasteiger charge is 2.38. The summed E-state index contributed by atoms with van der Waals surface area (Å²) in [6.07, 6.45) is 0. The molecule has 0 radical (unpaired) electrons. The lowest BCUT2D eigenvalue weighted by Gasteiger charge is -2.37. The summed E-state index contributed by atoms with van der Waals surface area (Å²) in [5.74, 6) is -0.596. The molecular formula is C38H38O6. The number of hydrogen-bond acceptors (Lipinski definition) is 6. The zero-order valence-electron chi connectivity index (χ0n) is 25.8. The van der Waals surface area contributed by atoms with Crippen molar-refractivity contribution >= 4 is 0 Å². The van der Waals surface area contributed by atoms with Gasteiger partial charge in [-0.1, -0.05) is 36.4 Å². The maximum atomic E-state index is 10.6. The third-order valence-electron chi connectivity index (χ3n) is 9.26. The molecule has 0 aliphatic heterocycles. The minimum atomic E-state index is -0.914. The molecule has 0 heterocycles. The standard InChI is InChI=1S/C38H38O6/c1-21-15-27(39)11-13-29(21)37(5,30-14-12-28(40)16-22(30)2)25-7-9-26(10-8-25)38(6,31-19-35(43)33(41)17-23(31)3)32-20-36(44)34(42)18-24(32)4/h7-20,39-44H,1-6H3. The molecule has 44 heavy (non-hydrogen) atoms. The normalized spacial score (nSPS) is 12.0. The highest BCUT2D eigenvalue weighted by Crippen LogP contribution is 2.48. The Kier molecular flexibility index (Phi) is 7.50. The average molecular weight is 591 g/mol. The molecule has 0 aromatic heterocycles. The van der Waals surface area contributed by atoms with Gasteiger partial charge in [0.05, 0.1) is 0 Å². The van der Waals surface area contributed by atoms with Crippen molar-refractivity contribution in [1.29, 1.82) is 0 Å². The van der Waals surface area contributed by atoms with Gasteiger partial charge in [0.25, 0.3) is 0 Å². The number of rotatable bonds is 6. The van der Waals surface area contributed by atoms with Crippen LogP contribution in [0, 0.1) is 27.7 Å². The lowest BCUT2D eigenvalue weighted by atomic mass is 9.66. The van der Waals surface area contributed by atoms with E-state index in [0.717, 1.165) is 55.6 Å². The van der Waals surface area contributed by atoms with Crippen LogP contribution in [0.15, 0.2) is 84.9 Å². The molecule has 5 aromatic carbocycles. The molecule has 0 spiro atoms. The van der Waals surface area contributed by atoms with Crippen molar-refractivity contribution in [3.8, 4) is 34.5 Å². The molecule has 0 amide bonds. The number of phenols is 6. The molecule has 0 aliphatic carbocycles. The minimum Gasteiger partial charge on any atom is -0.508 e. The number of aromatic hydroxyl groups is 6. The van der Waals surface area contributed by atoms with Crippen molar-refractivity contribution in [3.05, 3.63) is 141 Å². The third kappa shape index (κ3) is 4.86. The van der Waals surface area contributed by atoms with Crippen molar-refractivity contribution in [3.63, 3.8) is 0 Å². The Balaban J connectivity index is 1.78. The molecule has 6 N–H and O–H groups in total. The second-order valence-corrected chi connectivity index (χ2v) is 12.1. The molecule has 5 rings (SSSR count). The van der Waals surface area contributed by atoms with Crippen LogP contribution in [-0.2, 0) is 10.8 Å². The molecule has 0 atom stereocenters. The SMILES string of the molecule is Cc1cc(O)ccc1C(C)(c1ccc(C(C)(c2cc(O)c(O)cc2C)c2cc(O)c(O)cc2C)cc1)c1ccc(O)cc1C. The number of phenolic OH excluding ortho intramolecular Hbond substituents is 6. The number of hydrogen-bond donors (Lipinski definition) is 6. The molecular weight excluding hydrogens is 552 g/mol. The van der Waals surface area contributed by atoms with Crippen LogP contribution in [0.25, 0.3) is 0 Å². The number of aryl methyl sites for hydroxylation is 4. The molecule has 5 aromatic rings. The lowest BCUT2D eigenvalue weighted by Crippen LogP contribution is -2.29. The van der Waals surface area contributed by atoms with Gasteiger partial charge in [0.15, 0.2) is 23.0 Å². The summed E-state index contributed by atoms with van der Waals surface area (Å²) < 4.78 is 0. The van der Waals surface area contributed by atoms with Gasteiger partial charge in [0.1, 0.15) is 11.5 Å². The van der Waals surface area contributed by atoms with E-state index in [4.69, 9.17) is 0 Å². The molecule has 6 nitrogen and oxygen atoms in total. The monoisotopic (exact) mass is 590 g/mol. The predicted molar refractivity (Wildman–Crippen MR) is 172 cm³/mol. The summed E-state index contributed by atoms with van der Waals surface area (Å²) in [4.78, 5) is 0. The first-order chi connectivity index (χ1) is 20.7. The lowest BCUT2D eigenvalue weighted by molar-refractivity contribution is 0.400. The number of benzene rings is 5. The maximum Gasteiger partial charge on any atom is 0.157 e. The maximum absolute atomic E-state index is 10.6. The summed E-state index contributed by atoms with van der Waals surface area (Å²) in [5.41, 5.74) is 7.00. The Morgan fingerprint density at radius 3 is 1.00 bits per heavy atom. The van der Waals surface area contributed by atoms with Crippen LogP contribution >= 0.6 is 0 Å². The van der Waals surface area contributed by atoms with Crippen LogP contribution in [0.5, 0.6) is 34.5 Å². The van der Waals surface area contributed by atoms with Crippen LogP contribution < -0.4 is 0 Å². The van der Waals surface area contributed by atoms with Gasteiger partial charge in [0.2, 0.25) is 0 Å². The second kappa shape index (κ2) is 10.9. The van der Waals surface area contributed by atoms with Crippen molar-refractivity contribution < 1.29 is 30.6 Å². The first kappa shape index (κ1) is 30.4. The Hall–Kier alpha value is -5.10. The Morgan fingerprint density at radius 2 is 0.659 bits per heavy atom. The van der Waals surface area contributed by atoms with Gasteiger partial charge in [-0.25, -0.2) is 0 Å². The predicted octanol–water partition coefficient (Wildman–Crippen LogP) is 7.86. The molecule has 0 unspecified atom stereocenters. The fraction of sp³-hybridized carbons (Fsp3) is 0.211. The van der Waals surface area contributed by atoms with Crippen molar-refractivity contribution in [2.75, 3.05) is 0 Å². The fourth-order valence-electron chi connectivity index (χ4n) is 6.91. The largest absolute Gasteiger partial charge is 0.508 e. The van der Waals surface area contributed by atoms with Crippen LogP contribution in [0.4, 0.5) is 0 Å². The average Bonchev–Trinajstić information content (AvgIpc) is 2.96. The molecule has 6 heteroatoms. The highest BCUT2D eigenvalue weighted by molar-refractivity contribution is 5.62. The summed E-state index contributed by atoms with van der Waals surface area (Å²) in [6.45, 7) is 11.8. The molecule has 0 saturated heterocycles. The van der Waals surface area contributed by atoms with Gasteiger partial charge in [-0.05, 0) is 146 Å². The van der Waals surface area contributed by atoms with E-state index in [1.165, 1.54) is 12.1 Å². The minimum absolute atomic E-state index is 0.183. The van der Waals surface area contributed by atoms with E-state index >= 15 is 0 Å². The Labute approximate surface area is 257 Å². The van der Waals surface area contributed by atoms with Crippen molar-refractivity contribution in [2.24, 2.45) is 0 Å². The van der Waals surface area contributed by atoms with E-state index in [0.29, 0.717) is 0 Å². The zero-order valence-corrected chi connectivity index (χ0v) is 25.8. The molecule has 226 valence electrons. The first-order valence-corrected chi connectivity index (χ1v) is 14.4. The van der Waals surface area contributed by atoms with Crippen LogP contribution in [-0.4, -0.2) is 30.6 Å². The van der Waals surface area contributed by atoms with Crippen LogP contribution in [0.3, 0.4) is 0 Å². The van der Waals surface area contributed by atoms with Crippen LogP contribution in [0.1, 0.15) is 69.5 Å². The van der Waals surface area contributed by atoms with Gasteiger partial charge in [-0.2, -0.15) is 0 Å². The quantitative estimate of drug-likeness (QED) is 0.0884. The van der Waals surface area contributed by atoms with Crippen LogP contribution in [0.2, 0.25) is 0 Å². The highest BCUT2D eigenvalue weighted by atomic mass is 16.3. The smallest absolute Gasteiger partial charge is 0.157 e. The zero-order chi connectivity index (χ0) is 32.1. The molecule has 0 saturated carbocycles. The van der Waals surface area contributed by atoms with Gasteiger partial charge in [-0.3, -0.25) is 0 Å². The Bertz CT molecular complexity index is 1780. The van der Waals surface area contributed by atoms with Crippen molar-refractivity contribution in [2.45, 2.75) is 52.4 Å². The van der Waals surface area contributed by atoms with E-state index in [-0.39, 0.29) is 34.5 Å². The topological polar surface area (TPSA) is 121 Å². The molecule has 0 aliphatic rings. The summed E-state index contributed by atoms with van der Waals surface area (Å²) in [6, 6.07) is 25.0. The third-order valence-corrected chi connectivity index (χ3v) is 9.26. The fourth-order valence-corrected chi connectivity index (χ4v) is 6.91. The molecule has 0 fully saturated rings. The summed E-state index contributed by atoms with van der Waals surface area (Å²) in [5, 5.41) is 62.0. The van der Waals surface area contributed by atoms with Gasteiger partial charge in [0, 0.05) is 10.8 Å². The first-order valence-electron chi connectivity index (χ1n) is 14.4. The molecule has 0 bridgehead atoms. The van der Waals surface area contributed by atoms with E-state index in [9.17, 15) is 30.6 Å². The van der Waals surface area contributed by atoms with E-state index in [2.05, 4.69) is 19.1 Å². The van der Waals surface area contributed by atoms with Gasteiger partial charge in [-0.15, -0.1) is 0 Å². The summed E-state index contributed by atoms with van der Waals surface area (Å²) in [7, 11) is 0.